The molecule has 0 radical (unpaired) electrons. The van der Waals surface area contributed by atoms with Gasteiger partial charge < -0.3 is 9.53 Å². The molecule has 1 spiro atoms. The van der Waals surface area contributed by atoms with Crippen LogP contribution in [0.1, 0.15) is 24.3 Å². The average Bonchev–Trinajstić information content (AvgIpc) is 3.00. The SMILES string of the molecule is O=CC1c2c(F)cc(F)cc2OCC12CC2. The van der Waals surface area contributed by atoms with E-state index in [1.807, 2.05) is 0 Å². The number of rotatable bonds is 1. The van der Waals surface area contributed by atoms with E-state index in [2.05, 4.69) is 0 Å². The monoisotopic (exact) mass is 224 g/mol. The number of hydrogen-bond donors (Lipinski definition) is 0. The molecule has 1 heterocycles. The van der Waals surface area contributed by atoms with Crippen LogP contribution >= 0.6 is 0 Å². The number of hydrogen-bond acceptors (Lipinski definition) is 2. The van der Waals surface area contributed by atoms with Crippen LogP contribution in [0.25, 0.3) is 0 Å². The first-order chi connectivity index (χ1) is 7.66. The fourth-order valence-electron chi connectivity index (χ4n) is 2.43. The molecule has 16 heavy (non-hydrogen) atoms. The summed E-state index contributed by atoms with van der Waals surface area (Å²) in [7, 11) is 0. The van der Waals surface area contributed by atoms with Crippen LogP contribution in [-0.4, -0.2) is 12.9 Å². The zero-order chi connectivity index (χ0) is 11.3. The molecular weight excluding hydrogens is 214 g/mol. The lowest BCUT2D eigenvalue weighted by Gasteiger charge is -2.30. The van der Waals surface area contributed by atoms with Gasteiger partial charge in [-0.3, -0.25) is 0 Å². The van der Waals surface area contributed by atoms with Crippen LogP contribution in [0.3, 0.4) is 0 Å². The molecule has 4 heteroatoms. The molecule has 1 aromatic rings. The molecule has 1 atom stereocenters. The van der Waals surface area contributed by atoms with Crippen molar-refractivity contribution < 1.29 is 18.3 Å². The van der Waals surface area contributed by atoms with Crippen molar-refractivity contribution in [2.45, 2.75) is 18.8 Å². The molecule has 1 aliphatic carbocycles. The topological polar surface area (TPSA) is 26.3 Å². The fourth-order valence-corrected chi connectivity index (χ4v) is 2.43. The molecule has 1 aromatic carbocycles. The minimum absolute atomic E-state index is 0.173. The van der Waals surface area contributed by atoms with E-state index in [9.17, 15) is 13.6 Å². The van der Waals surface area contributed by atoms with Gasteiger partial charge in [-0.25, -0.2) is 8.78 Å². The van der Waals surface area contributed by atoms with Gasteiger partial charge in [0.25, 0.3) is 0 Å². The first-order valence-corrected chi connectivity index (χ1v) is 5.23. The van der Waals surface area contributed by atoms with Crippen molar-refractivity contribution in [3.63, 3.8) is 0 Å². The lowest BCUT2D eigenvalue weighted by atomic mass is 9.82. The van der Waals surface area contributed by atoms with E-state index in [1.54, 1.807) is 0 Å². The maximum absolute atomic E-state index is 13.7. The van der Waals surface area contributed by atoms with Gasteiger partial charge in [0.2, 0.25) is 0 Å². The summed E-state index contributed by atoms with van der Waals surface area (Å²) in [6.45, 7) is 0.381. The highest BCUT2D eigenvalue weighted by Gasteiger charge is 2.54. The van der Waals surface area contributed by atoms with Gasteiger partial charge in [-0.05, 0) is 12.8 Å². The highest BCUT2D eigenvalue weighted by atomic mass is 19.1. The Morgan fingerprint density at radius 3 is 2.75 bits per heavy atom. The van der Waals surface area contributed by atoms with Crippen LogP contribution in [0.5, 0.6) is 5.75 Å². The van der Waals surface area contributed by atoms with E-state index < -0.39 is 17.6 Å². The van der Waals surface area contributed by atoms with Gasteiger partial charge in [0, 0.05) is 23.1 Å². The normalized spacial score (nSPS) is 24.8. The van der Waals surface area contributed by atoms with Gasteiger partial charge in [-0.15, -0.1) is 0 Å². The predicted molar refractivity (Wildman–Crippen MR) is 52.3 cm³/mol. The second-order valence-corrected chi connectivity index (χ2v) is 4.56. The van der Waals surface area contributed by atoms with Crippen LogP contribution in [-0.2, 0) is 4.79 Å². The Balaban J connectivity index is 2.17. The van der Waals surface area contributed by atoms with Gasteiger partial charge >= 0.3 is 0 Å². The quantitative estimate of drug-likeness (QED) is 0.685. The van der Waals surface area contributed by atoms with Gasteiger partial charge in [-0.2, -0.15) is 0 Å². The predicted octanol–water partition coefficient (Wildman–Crippen LogP) is 2.42. The number of aldehydes is 1. The van der Waals surface area contributed by atoms with E-state index in [4.69, 9.17) is 4.74 Å². The Bertz CT molecular complexity index is 466. The number of carbonyl (C=O) groups is 1. The van der Waals surface area contributed by atoms with E-state index in [0.29, 0.717) is 6.61 Å². The second-order valence-electron chi connectivity index (χ2n) is 4.56. The maximum Gasteiger partial charge on any atom is 0.133 e. The minimum atomic E-state index is -0.682. The third-order valence-electron chi connectivity index (χ3n) is 3.57. The summed E-state index contributed by atoms with van der Waals surface area (Å²) in [6, 6.07) is 1.95. The van der Waals surface area contributed by atoms with Crippen molar-refractivity contribution in [2.75, 3.05) is 6.61 Å². The van der Waals surface area contributed by atoms with E-state index in [0.717, 1.165) is 31.3 Å². The van der Waals surface area contributed by atoms with Gasteiger partial charge in [-0.1, -0.05) is 0 Å². The first kappa shape index (κ1) is 9.75. The zero-order valence-corrected chi connectivity index (χ0v) is 8.50. The van der Waals surface area contributed by atoms with Crippen molar-refractivity contribution in [2.24, 2.45) is 5.41 Å². The second kappa shape index (κ2) is 3.03. The van der Waals surface area contributed by atoms with Crippen LogP contribution in [0.15, 0.2) is 12.1 Å². The highest BCUT2D eigenvalue weighted by molar-refractivity contribution is 5.68. The lowest BCUT2D eigenvalue weighted by molar-refractivity contribution is -0.111. The molecule has 1 aliphatic heterocycles. The summed E-state index contributed by atoms with van der Waals surface area (Å²) in [5.41, 5.74) is -0.00639. The molecule has 0 N–H and O–H groups in total. The number of fused-ring (bicyclic) bond motifs is 1. The van der Waals surface area contributed by atoms with Gasteiger partial charge in [0.05, 0.1) is 12.5 Å². The van der Waals surface area contributed by atoms with Crippen LogP contribution in [0, 0.1) is 17.0 Å². The number of carbonyl (C=O) groups excluding carboxylic acids is 1. The van der Waals surface area contributed by atoms with Crippen molar-refractivity contribution in [1.82, 2.24) is 0 Å². The molecular formula is C12H10F2O2. The number of ether oxygens (including phenoxy) is 1. The van der Waals surface area contributed by atoms with Crippen molar-refractivity contribution in [1.29, 1.82) is 0 Å². The summed E-state index contributed by atoms with van der Waals surface area (Å²) in [4.78, 5) is 11.1. The van der Waals surface area contributed by atoms with E-state index in [-0.39, 0.29) is 16.7 Å². The standard InChI is InChI=1S/C12H10F2O2/c13-7-3-9(14)11-8(5-15)12(1-2-12)6-16-10(11)4-7/h3-5,8H,1-2,6H2. The summed E-state index contributed by atoms with van der Waals surface area (Å²) in [5, 5.41) is 0. The molecule has 2 nitrogen and oxygen atoms in total. The zero-order valence-electron chi connectivity index (χ0n) is 8.50. The van der Waals surface area contributed by atoms with Crippen molar-refractivity contribution >= 4 is 6.29 Å². The van der Waals surface area contributed by atoms with Gasteiger partial charge in [0.15, 0.2) is 0 Å². The summed E-state index contributed by atoms with van der Waals surface area (Å²) in [5.74, 6) is -1.67. The summed E-state index contributed by atoms with van der Waals surface area (Å²) in [6.07, 6.45) is 2.49. The molecule has 1 saturated carbocycles. The van der Waals surface area contributed by atoms with Crippen molar-refractivity contribution in [3.8, 4) is 5.75 Å². The van der Waals surface area contributed by atoms with Gasteiger partial charge in [0.1, 0.15) is 23.7 Å². The van der Waals surface area contributed by atoms with Crippen LogP contribution < -0.4 is 4.74 Å². The van der Waals surface area contributed by atoms with E-state index in [1.165, 1.54) is 0 Å². The fraction of sp³-hybridized carbons (Fsp3) is 0.417. The molecule has 84 valence electrons. The minimum Gasteiger partial charge on any atom is -0.492 e. The smallest absolute Gasteiger partial charge is 0.133 e. The van der Waals surface area contributed by atoms with E-state index >= 15 is 0 Å². The third kappa shape index (κ3) is 1.19. The molecule has 3 rings (SSSR count). The largest absolute Gasteiger partial charge is 0.492 e. The Morgan fingerprint density at radius 1 is 1.38 bits per heavy atom. The Morgan fingerprint density at radius 2 is 2.12 bits per heavy atom. The Labute approximate surface area is 91.2 Å². The first-order valence-electron chi connectivity index (χ1n) is 5.23. The maximum atomic E-state index is 13.7. The van der Waals surface area contributed by atoms with Crippen LogP contribution in [0.2, 0.25) is 0 Å². The Hall–Kier alpha value is -1.45. The van der Waals surface area contributed by atoms with Crippen LogP contribution in [0.4, 0.5) is 8.78 Å². The molecule has 0 saturated heterocycles. The third-order valence-corrected chi connectivity index (χ3v) is 3.57. The molecule has 1 unspecified atom stereocenters. The highest BCUT2D eigenvalue weighted by Crippen LogP contribution is 2.59. The molecule has 0 amide bonds. The molecule has 0 aromatic heterocycles. The molecule has 1 fully saturated rings. The van der Waals surface area contributed by atoms with Crippen molar-refractivity contribution in [3.05, 3.63) is 29.3 Å². The Kier molecular flexibility index (Phi) is 1.85. The number of halogens is 2. The summed E-state index contributed by atoms with van der Waals surface area (Å²) < 4.78 is 32.0. The molecule has 2 aliphatic rings. The average molecular weight is 224 g/mol. The number of benzene rings is 1. The molecule has 0 bridgehead atoms. The summed E-state index contributed by atoms with van der Waals surface area (Å²) >= 11 is 0. The lowest BCUT2D eigenvalue weighted by Crippen LogP contribution is -2.29.